The first-order chi connectivity index (χ1) is 7.70. The van der Waals surface area contributed by atoms with Gasteiger partial charge in [0.1, 0.15) is 11.6 Å². The normalized spacial score (nSPS) is 10.1. The van der Waals surface area contributed by atoms with Crippen molar-refractivity contribution in [1.82, 2.24) is 9.97 Å². The predicted molar refractivity (Wildman–Crippen MR) is 63.4 cm³/mol. The van der Waals surface area contributed by atoms with Gasteiger partial charge in [-0.1, -0.05) is 11.6 Å². The Kier molecular flexibility index (Phi) is 2.92. The molecule has 0 unspecified atom stereocenters. The van der Waals surface area contributed by atoms with E-state index in [0.717, 1.165) is 5.56 Å². The minimum Gasteiger partial charge on any atom is -0.496 e. The fourth-order valence-corrected chi connectivity index (χ4v) is 1.56. The van der Waals surface area contributed by atoms with Gasteiger partial charge in [0.25, 0.3) is 0 Å². The molecular weight excluding hydrogens is 226 g/mol. The smallest absolute Gasteiger partial charge is 0.142 e. The summed E-state index contributed by atoms with van der Waals surface area (Å²) in [6, 6.07) is 5.30. The number of hydrogen-bond donors (Lipinski definition) is 1. The van der Waals surface area contributed by atoms with E-state index in [0.29, 0.717) is 22.3 Å². The van der Waals surface area contributed by atoms with Crippen molar-refractivity contribution in [3.8, 4) is 17.0 Å². The standard InChI is InChI=1S/C11H10ClN3O/c1-16-10-3-2-7(12)4-8(10)9-5-14-6-11(13)15-9/h2-6H,1H3,(H2,13,15). The molecule has 0 radical (unpaired) electrons. The maximum absolute atomic E-state index is 5.93. The van der Waals surface area contributed by atoms with Gasteiger partial charge in [-0.2, -0.15) is 0 Å². The minimum absolute atomic E-state index is 0.361. The second-order valence-corrected chi connectivity index (χ2v) is 3.61. The van der Waals surface area contributed by atoms with Gasteiger partial charge in [0.15, 0.2) is 0 Å². The molecule has 0 aliphatic carbocycles. The Bertz CT molecular complexity index is 516. The van der Waals surface area contributed by atoms with Crippen LogP contribution in [-0.4, -0.2) is 17.1 Å². The number of aromatic nitrogens is 2. The summed E-state index contributed by atoms with van der Waals surface area (Å²) in [6.07, 6.45) is 3.10. The van der Waals surface area contributed by atoms with E-state index in [4.69, 9.17) is 22.1 Å². The second-order valence-electron chi connectivity index (χ2n) is 3.17. The summed E-state index contributed by atoms with van der Waals surface area (Å²) in [7, 11) is 1.59. The lowest BCUT2D eigenvalue weighted by Gasteiger charge is -2.08. The monoisotopic (exact) mass is 235 g/mol. The molecule has 82 valence electrons. The van der Waals surface area contributed by atoms with Gasteiger partial charge in [0.2, 0.25) is 0 Å². The van der Waals surface area contributed by atoms with Gasteiger partial charge in [0.05, 0.1) is 25.2 Å². The zero-order valence-electron chi connectivity index (χ0n) is 8.64. The van der Waals surface area contributed by atoms with Crippen LogP contribution in [0, 0.1) is 0 Å². The summed E-state index contributed by atoms with van der Waals surface area (Å²) in [5, 5.41) is 0.611. The molecule has 2 N–H and O–H groups in total. The highest BCUT2D eigenvalue weighted by atomic mass is 35.5. The number of halogens is 1. The molecule has 1 heterocycles. The molecular formula is C11H10ClN3O. The van der Waals surface area contributed by atoms with Crippen LogP contribution in [0.1, 0.15) is 0 Å². The number of anilines is 1. The molecule has 0 bridgehead atoms. The number of methoxy groups -OCH3 is 1. The molecule has 2 aromatic rings. The Morgan fingerprint density at radius 3 is 2.81 bits per heavy atom. The van der Waals surface area contributed by atoms with Gasteiger partial charge in [-0.15, -0.1) is 0 Å². The van der Waals surface area contributed by atoms with Crippen LogP contribution in [0.15, 0.2) is 30.6 Å². The number of benzene rings is 1. The zero-order valence-corrected chi connectivity index (χ0v) is 9.40. The first kappa shape index (κ1) is 10.7. The molecule has 0 atom stereocenters. The molecule has 0 saturated carbocycles. The largest absolute Gasteiger partial charge is 0.496 e. The van der Waals surface area contributed by atoms with E-state index in [1.165, 1.54) is 6.20 Å². The average molecular weight is 236 g/mol. The Morgan fingerprint density at radius 2 is 2.12 bits per heavy atom. The summed E-state index contributed by atoms with van der Waals surface area (Å²) in [5.41, 5.74) is 6.99. The quantitative estimate of drug-likeness (QED) is 0.868. The lowest BCUT2D eigenvalue weighted by molar-refractivity contribution is 0.416. The highest BCUT2D eigenvalue weighted by Crippen LogP contribution is 2.31. The number of hydrogen-bond acceptors (Lipinski definition) is 4. The Morgan fingerprint density at radius 1 is 1.31 bits per heavy atom. The minimum atomic E-state index is 0.361. The van der Waals surface area contributed by atoms with Gasteiger partial charge < -0.3 is 10.5 Å². The summed E-state index contributed by atoms with van der Waals surface area (Å²) < 4.78 is 5.23. The molecule has 4 nitrogen and oxygen atoms in total. The molecule has 2 rings (SSSR count). The topological polar surface area (TPSA) is 61.0 Å². The lowest BCUT2D eigenvalue weighted by atomic mass is 10.1. The van der Waals surface area contributed by atoms with Crippen LogP contribution in [0.4, 0.5) is 5.82 Å². The Labute approximate surface area is 98.0 Å². The average Bonchev–Trinajstić information content (AvgIpc) is 2.29. The molecule has 16 heavy (non-hydrogen) atoms. The van der Waals surface area contributed by atoms with Crippen LogP contribution in [0.3, 0.4) is 0 Å². The third-order valence-electron chi connectivity index (χ3n) is 2.09. The van der Waals surface area contributed by atoms with Crippen molar-refractivity contribution in [2.75, 3.05) is 12.8 Å². The third-order valence-corrected chi connectivity index (χ3v) is 2.33. The van der Waals surface area contributed by atoms with Gasteiger partial charge >= 0.3 is 0 Å². The number of rotatable bonds is 2. The molecule has 0 amide bonds. The van der Waals surface area contributed by atoms with Crippen molar-refractivity contribution in [1.29, 1.82) is 0 Å². The highest BCUT2D eigenvalue weighted by molar-refractivity contribution is 6.30. The summed E-state index contributed by atoms with van der Waals surface area (Å²) >= 11 is 5.93. The summed E-state index contributed by atoms with van der Waals surface area (Å²) in [5.74, 6) is 1.05. The third kappa shape index (κ3) is 2.06. The van der Waals surface area contributed by atoms with Crippen LogP contribution in [0.5, 0.6) is 5.75 Å². The highest BCUT2D eigenvalue weighted by Gasteiger charge is 2.08. The second kappa shape index (κ2) is 4.37. The van der Waals surface area contributed by atoms with Gasteiger partial charge in [-0.05, 0) is 18.2 Å². The van der Waals surface area contributed by atoms with Crippen molar-refractivity contribution in [3.63, 3.8) is 0 Å². The molecule has 0 aliphatic heterocycles. The van der Waals surface area contributed by atoms with Crippen LogP contribution < -0.4 is 10.5 Å². The Hall–Kier alpha value is -1.81. The molecule has 0 fully saturated rings. The first-order valence-electron chi connectivity index (χ1n) is 4.62. The maximum Gasteiger partial charge on any atom is 0.142 e. The summed E-state index contributed by atoms with van der Waals surface area (Å²) in [4.78, 5) is 8.15. The summed E-state index contributed by atoms with van der Waals surface area (Å²) in [6.45, 7) is 0. The molecule has 1 aromatic carbocycles. The van der Waals surface area contributed by atoms with E-state index in [1.54, 1.807) is 31.5 Å². The van der Waals surface area contributed by atoms with E-state index in [1.807, 2.05) is 0 Å². The molecule has 0 aliphatic rings. The van der Waals surface area contributed by atoms with Crippen LogP contribution in [0.2, 0.25) is 5.02 Å². The SMILES string of the molecule is COc1ccc(Cl)cc1-c1cncc(N)n1. The fraction of sp³-hybridized carbons (Fsp3) is 0.0909. The van der Waals surface area contributed by atoms with Crippen LogP contribution >= 0.6 is 11.6 Å². The van der Waals surface area contributed by atoms with Crippen LogP contribution in [0.25, 0.3) is 11.3 Å². The van der Waals surface area contributed by atoms with Crippen LogP contribution in [-0.2, 0) is 0 Å². The lowest BCUT2D eigenvalue weighted by Crippen LogP contribution is -1.95. The van der Waals surface area contributed by atoms with Crippen molar-refractivity contribution >= 4 is 17.4 Å². The van der Waals surface area contributed by atoms with Crippen molar-refractivity contribution in [2.45, 2.75) is 0 Å². The van der Waals surface area contributed by atoms with Gasteiger partial charge in [-0.3, -0.25) is 4.98 Å². The fourth-order valence-electron chi connectivity index (χ4n) is 1.39. The molecule has 0 saturated heterocycles. The van der Waals surface area contributed by atoms with Crippen molar-refractivity contribution in [3.05, 3.63) is 35.6 Å². The number of nitrogens with two attached hydrogens (primary N) is 1. The molecule has 0 spiro atoms. The van der Waals surface area contributed by atoms with E-state index in [2.05, 4.69) is 9.97 Å². The van der Waals surface area contributed by atoms with E-state index in [9.17, 15) is 0 Å². The number of nitrogen functional groups attached to an aromatic ring is 1. The van der Waals surface area contributed by atoms with Gasteiger partial charge in [0, 0.05) is 10.6 Å². The molecule has 5 heteroatoms. The Balaban J connectivity index is 2.58. The van der Waals surface area contributed by atoms with E-state index in [-0.39, 0.29) is 0 Å². The number of nitrogens with zero attached hydrogens (tertiary/aromatic N) is 2. The van der Waals surface area contributed by atoms with Gasteiger partial charge in [-0.25, -0.2) is 4.98 Å². The number of ether oxygens (including phenoxy) is 1. The predicted octanol–water partition coefficient (Wildman–Crippen LogP) is 2.39. The zero-order chi connectivity index (χ0) is 11.5. The van der Waals surface area contributed by atoms with E-state index < -0.39 is 0 Å². The molecule has 1 aromatic heterocycles. The maximum atomic E-state index is 5.93. The first-order valence-corrected chi connectivity index (χ1v) is 5.00. The van der Waals surface area contributed by atoms with Crippen molar-refractivity contribution < 1.29 is 4.74 Å². The van der Waals surface area contributed by atoms with Crippen molar-refractivity contribution in [2.24, 2.45) is 0 Å². The van der Waals surface area contributed by atoms with E-state index >= 15 is 0 Å².